The highest BCUT2D eigenvalue weighted by Crippen LogP contribution is 2.52. The van der Waals surface area contributed by atoms with Crippen LogP contribution in [-0.2, 0) is 26.4 Å². The summed E-state index contributed by atoms with van der Waals surface area (Å²) < 4.78 is 23.0. The minimum Gasteiger partial charge on any atom is -0.494 e. The lowest BCUT2D eigenvalue weighted by molar-refractivity contribution is -0.281. The highest BCUT2D eigenvalue weighted by Gasteiger charge is 2.67. The van der Waals surface area contributed by atoms with Crippen molar-refractivity contribution in [3.05, 3.63) is 64.2 Å². The normalized spacial score (nSPS) is 32.3. The van der Waals surface area contributed by atoms with Crippen molar-refractivity contribution in [1.29, 1.82) is 0 Å². The van der Waals surface area contributed by atoms with Crippen molar-refractivity contribution in [2.75, 3.05) is 20.3 Å². The third-order valence-electron chi connectivity index (χ3n) is 5.97. The van der Waals surface area contributed by atoms with Crippen LogP contribution in [0.5, 0.6) is 5.75 Å². The molecule has 7 nitrogen and oxygen atoms in total. The number of hydrogen-bond acceptors (Lipinski definition) is 7. The quantitative estimate of drug-likeness (QED) is 0.595. The molecular formula is C23H27ClO7. The Kier molecular flexibility index (Phi) is 6.29. The minimum absolute atomic E-state index is 0.0140. The molecule has 0 spiro atoms. The molecule has 168 valence electrons. The number of rotatable bonds is 7. The van der Waals surface area contributed by atoms with Gasteiger partial charge in [-0.3, -0.25) is 0 Å². The van der Waals surface area contributed by atoms with E-state index >= 15 is 0 Å². The highest BCUT2D eigenvalue weighted by molar-refractivity contribution is 6.31. The van der Waals surface area contributed by atoms with E-state index in [0.717, 1.165) is 16.9 Å². The van der Waals surface area contributed by atoms with Gasteiger partial charge in [0.1, 0.15) is 11.9 Å². The van der Waals surface area contributed by atoms with Crippen molar-refractivity contribution < 1.29 is 34.3 Å². The summed E-state index contributed by atoms with van der Waals surface area (Å²) in [6.07, 6.45) is -3.01. The molecule has 5 atom stereocenters. The lowest BCUT2D eigenvalue weighted by Crippen LogP contribution is -2.61. The molecule has 0 aliphatic carbocycles. The molecule has 2 fully saturated rings. The van der Waals surface area contributed by atoms with Crippen LogP contribution in [0, 0.1) is 0 Å². The monoisotopic (exact) mass is 450 g/mol. The summed E-state index contributed by atoms with van der Waals surface area (Å²) in [6, 6.07) is 13.2. The van der Waals surface area contributed by atoms with E-state index in [-0.39, 0.29) is 6.42 Å². The molecule has 0 saturated carbocycles. The zero-order valence-corrected chi connectivity index (χ0v) is 18.2. The standard InChI is InChI=1S/C23H27ClO7/c1-3-29-17-7-4-14(5-8-17)10-15-11-16(6-9-18(15)24)23-12-19(26)20(27)22(13-25,31-23)21(28-2)30-23/h4-9,11,19-21,25-27H,3,10,12-13H2,1-2H3/t19-,20?,21+,22-,23-/m1/s1. The lowest BCUT2D eigenvalue weighted by atomic mass is 9.85. The second kappa shape index (κ2) is 8.67. The fourth-order valence-corrected chi connectivity index (χ4v) is 4.57. The number of benzene rings is 2. The third-order valence-corrected chi connectivity index (χ3v) is 6.34. The molecule has 4 rings (SSSR count). The molecule has 0 amide bonds. The van der Waals surface area contributed by atoms with Gasteiger partial charge in [-0.2, -0.15) is 0 Å². The minimum atomic E-state index is -1.58. The second-order valence-corrected chi connectivity index (χ2v) is 8.34. The molecule has 0 radical (unpaired) electrons. The molecule has 2 aromatic carbocycles. The summed E-state index contributed by atoms with van der Waals surface area (Å²) in [6.45, 7) is 1.97. The second-order valence-electron chi connectivity index (χ2n) is 7.93. The van der Waals surface area contributed by atoms with Crippen LogP contribution in [0.4, 0.5) is 0 Å². The number of fused-ring (bicyclic) bond motifs is 2. The third kappa shape index (κ3) is 3.85. The van der Waals surface area contributed by atoms with Crippen LogP contribution in [0.3, 0.4) is 0 Å². The molecule has 8 heteroatoms. The average molecular weight is 451 g/mol. The maximum Gasteiger partial charge on any atom is 0.201 e. The molecule has 2 aliphatic heterocycles. The number of ether oxygens (including phenoxy) is 4. The highest BCUT2D eigenvalue weighted by atomic mass is 35.5. The van der Waals surface area contributed by atoms with Crippen LogP contribution < -0.4 is 4.74 Å². The lowest BCUT2D eigenvalue weighted by Gasteiger charge is -2.43. The summed E-state index contributed by atoms with van der Waals surface area (Å²) in [7, 11) is 1.40. The Morgan fingerprint density at radius 2 is 1.90 bits per heavy atom. The zero-order valence-electron chi connectivity index (χ0n) is 17.5. The topological polar surface area (TPSA) is 97.6 Å². The van der Waals surface area contributed by atoms with Crippen molar-refractivity contribution in [2.45, 2.75) is 49.7 Å². The van der Waals surface area contributed by atoms with Crippen molar-refractivity contribution in [1.82, 2.24) is 0 Å². The van der Waals surface area contributed by atoms with Gasteiger partial charge in [-0.1, -0.05) is 29.8 Å². The molecule has 31 heavy (non-hydrogen) atoms. The van der Waals surface area contributed by atoms with Crippen molar-refractivity contribution in [2.24, 2.45) is 0 Å². The Labute approximate surface area is 186 Å². The number of aliphatic hydroxyl groups excluding tert-OH is 3. The Balaban J connectivity index is 1.66. The van der Waals surface area contributed by atoms with Gasteiger partial charge in [0.2, 0.25) is 5.79 Å². The summed E-state index contributed by atoms with van der Waals surface area (Å²) in [5.74, 6) is -0.571. The summed E-state index contributed by atoms with van der Waals surface area (Å²) >= 11 is 6.47. The predicted molar refractivity (Wildman–Crippen MR) is 113 cm³/mol. The largest absolute Gasteiger partial charge is 0.494 e. The van der Waals surface area contributed by atoms with E-state index < -0.39 is 36.5 Å². The molecule has 0 aromatic heterocycles. The van der Waals surface area contributed by atoms with E-state index in [2.05, 4.69) is 0 Å². The van der Waals surface area contributed by atoms with Gasteiger partial charge < -0.3 is 34.3 Å². The number of methoxy groups -OCH3 is 1. The van der Waals surface area contributed by atoms with Gasteiger partial charge in [0.25, 0.3) is 0 Å². The number of hydrogen-bond donors (Lipinski definition) is 3. The van der Waals surface area contributed by atoms with E-state index in [1.165, 1.54) is 7.11 Å². The molecule has 2 aliphatic rings. The Morgan fingerprint density at radius 1 is 1.16 bits per heavy atom. The van der Waals surface area contributed by atoms with Crippen molar-refractivity contribution in [3.63, 3.8) is 0 Å². The van der Waals surface area contributed by atoms with Crippen LogP contribution in [0.15, 0.2) is 42.5 Å². The van der Waals surface area contributed by atoms with Gasteiger partial charge in [0, 0.05) is 24.1 Å². The van der Waals surface area contributed by atoms with Gasteiger partial charge in [0.05, 0.1) is 19.3 Å². The molecule has 3 N–H and O–H groups in total. The van der Waals surface area contributed by atoms with Gasteiger partial charge in [-0.25, -0.2) is 0 Å². The first-order valence-corrected chi connectivity index (χ1v) is 10.6. The molecule has 1 unspecified atom stereocenters. The first-order valence-electron chi connectivity index (χ1n) is 10.3. The Bertz CT molecular complexity index is 921. The number of aliphatic hydroxyl groups is 3. The maximum absolute atomic E-state index is 10.5. The first kappa shape index (κ1) is 22.5. The summed E-state index contributed by atoms with van der Waals surface area (Å²) in [4.78, 5) is 0. The predicted octanol–water partition coefficient (Wildman–Crippen LogP) is 2.36. The Hall–Kier alpha value is -1.71. The molecule has 2 saturated heterocycles. The van der Waals surface area contributed by atoms with Gasteiger partial charge >= 0.3 is 0 Å². The smallest absolute Gasteiger partial charge is 0.201 e. The van der Waals surface area contributed by atoms with Crippen LogP contribution in [0.2, 0.25) is 5.02 Å². The fourth-order valence-electron chi connectivity index (χ4n) is 4.38. The summed E-state index contributed by atoms with van der Waals surface area (Å²) in [5, 5.41) is 31.6. The summed E-state index contributed by atoms with van der Waals surface area (Å²) in [5.41, 5.74) is 0.940. The van der Waals surface area contributed by atoms with E-state index in [1.807, 2.05) is 37.3 Å². The van der Waals surface area contributed by atoms with Gasteiger partial charge in [0.15, 0.2) is 11.9 Å². The maximum atomic E-state index is 10.5. The average Bonchev–Trinajstić information content (AvgIpc) is 3.07. The van der Waals surface area contributed by atoms with Crippen molar-refractivity contribution >= 4 is 11.6 Å². The van der Waals surface area contributed by atoms with Crippen LogP contribution in [0.25, 0.3) is 0 Å². The van der Waals surface area contributed by atoms with E-state index in [0.29, 0.717) is 23.6 Å². The van der Waals surface area contributed by atoms with Crippen LogP contribution >= 0.6 is 11.6 Å². The van der Waals surface area contributed by atoms with Crippen LogP contribution in [-0.4, -0.2) is 59.7 Å². The van der Waals surface area contributed by atoms with Crippen LogP contribution in [0.1, 0.15) is 30.0 Å². The van der Waals surface area contributed by atoms with E-state index in [4.69, 9.17) is 30.5 Å². The molecular weight excluding hydrogens is 424 g/mol. The fraction of sp³-hybridized carbons (Fsp3) is 0.478. The SMILES string of the molecule is CCOc1ccc(Cc2cc([C@@]34C[C@@H](O)C(O)[C@@](CO)(O3)[C@@H](OC)O4)ccc2Cl)cc1. The first-order chi connectivity index (χ1) is 14.9. The molecule has 2 bridgehead atoms. The molecule has 2 aromatic rings. The zero-order chi connectivity index (χ0) is 22.2. The van der Waals surface area contributed by atoms with E-state index in [9.17, 15) is 15.3 Å². The van der Waals surface area contributed by atoms with Crippen molar-refractivity contribution in [3.8, 4) is 5.75 Å². The van der Waals surface area contributed by atoms with E-state index in [1.54, 1.807) is 12.1 Å². The van der Waals surface area contributed by atoms with Gasteiger partial charge in [-0.05, 0) is 48.7 Å². The van der Waals surface area contributed by atoms with Gasteiger partial charge in [-0.15, -0.1) is 0 Å². The Morgan fingerprint density at radius 3 is 2.55 bits per heavy atom. The molecule has 2 heterocycles. The number of halogens is 1.